The summed E-state index contributed by atoms with van der Waals surface area (Å²) >= 11 is 11.0. The summed E-state index contributed by atoms with van der Waals surface area (Å²) in [5, 5.41) is 22.4. The van der Waals surface area contributed by atoms with Gasteiger partial charge in [0, 0.05) is 5.02 Å². The van der Waals surface area contributed by atoms with Crippen LogP contribution in [-0.2, 0) is 9.59 Å². The van der Waals surface area contributed by atoms with Gasteiger partial charge in [-0.05, 0) is 60.3 Å². The summed E-state index contributed by atoms with van der Waals surface area (Å²) in [6.45, 7) is 0. The van der Waals surface area contributed by atoms with E-state index in [0.717, 1.165) is 4.90 Å². The first-order valence-corrected chi connectivity index (χ1v) is 8.37. The third kappa shape index (κ3) is 3.57. The van der Waals surface area contributed by atoms with E-state index in [1.54, 1.807) is 24.3 Å². The summed E-state index contributed by atoms with van der Waals surface area (Å²) < 4.78 is 4.96. The van der Waals surface area contributed by atoms with Gasteiger partial charge in [0.25, 0.3) is 11.8 Å². The molecule has 0 aliphatic carbocycles. The number of hydrogen-bond donors (Lipinski definition) is 3. The molecule has 2 amide bonds. The Bertz CT molecular complexity index is 988. The highest BCUT2D eigenvalue weighted by Crippen LogP contribution is 2.37. The van der Waals surface area contributed by atoms with E-state index in [0.29, 0.717) is 10.7 Å². The number of carbonyl (C=O) groups is 2. The molecule has 3 rings (SSSR count). The van der Waals surface area contributed by atoms with Gasteiger partial charge in [-0.3, -0.25) is 19.8 Å². The molecule has 2 aromatic rings. The number of halogens is 1. The van der Waals surface area contributed by atoms with E-state index in [-0.39, 0.29) is 22.0 Å². The topological polar surface area (TPSA) is 99.1 Å². The number of rotatable bonds is 3. The molecule has 1 heterocycles. The predicted molar refractivity (Wildman–Crippen MR) is 104 cm³/mol. The van der Waals surface area contributed by atoms with Crippen LogP contribution in [0, 0.1) is 0 Å². The van der Waals surface area contributed by atoms with Crippen molar-refractivity contribution in [2.45, 2.75) is 0 Å². The minimum Gasteiger partial charge on any atom is -0.504 e. The number of carbonyl (C=O) groups excluding carboxylic acids is 2. The molecule has 1 saturated heterocycles. The van der Waals surface area contributed by atoms with Gasteiger partial charge < -0.3 is 14.9 Å². The minimum absolute atomic E-state index is 0.00408. The molecule has 138 valence electrons. The quantitative estimate of drug-likeness (QED) is 0.315. The highest BCUT2D eigenvalue weighted by molar-refractivity contribution is 7.80. The molecule has 0 spiro atoms. The maximum atomic E-state index is 12.9. The number of nitrogens with zero attached hydrogens (tertiary/aromatic N) is 1. The molecule has 3 N–H and O–H groups in total. The van der Waals surface area contributed by atoms with Crippen molar-refractivity contribution in [3.63, 3.8) is 0 Å². The third-order valence-corrected chi connectivity index (χ3v) is 4.33. The Morgan fingerprint density at radius 2 is 1.85 bits per heavy atom. The second kappa shape index (κ2) is 7.26. The Balaban J connectivity index is 2.04. The third-order valence-electron chi connectivity index (χ3n) is 3.79. The van der Waals surface area contributed by atoms with Crippen LogP contribution in [0.15, 0.2) is 42.0 Å². The van der Waals surface area contributed by atoms with Crippen molar-refractivity contribution in [2.24, 2.45) is 0 Å². The molecule has 0 bridgehead atoms. The molecule has 9 heteroatoms. The fourth-order valence-electron chi connectivity index (χ4n) is 2.50. The van der Waals surface area contributed by atoms with E-state index in [2.05, 4.69) is 5.32 Å². The Morgan fingerprint density at radius 1 is 1.19 bits per heavy atom. The van der Waals surface area contributed by atoms with Crippen molar-refractivity contribution in [3.8, 4) is 17.2 Å². The first-order valence-electron chi connectivity index (χ1n) is 7.59. The zero-order valence-electron chi connectivity index (χ0n) is 13.9. The molecule has 27 heavy (non-hydrogen) atoms. The second-order valence-corrected chi connectivity index (χ2v) is 6.35. The summed E-state index contributed by atoms with van der Waals surface area (Å²) in [5.74, 6) is -2.21. The molecule has 0 unspecified atom stereocenters. The number of nitrogens with one attached hydrogen (secondary N) is 1. The molecule has 0 saturated carbocycles. The van der Waals surface area contributed by atoms with Crippen LogP contribution in [0.2, 0.25) is 5.02 Å². The number of hydrogen-bond acceptors (Lipinski definition) is 6. The summed E-state index contributed by atoms with van der Waals surface area (Å²) in [4.78, 5) is 26.3. The lowest BCUT2D eigenvalue weighted by molar-refractivity contribution is -0.122. The largest absolute Gasteiger partial charge is 0.504 e. The number of anilines is 1. The average molecular weight is 405 g/mol. The van der Waals surface area contributed by atoms with E-state index in [1.807, 2.05) is 0 Å². The van der Waals surface area contributed by atoms with Crippen molar-refractivity contribution in [1.82, 2.24) is 5.32 Å². The summed E-state index contributed by atoms with van der Waals surface area (Å²) in [6.07, 6.45) is 1.27. The molecule has 2 aromatic carbocycles. The van der Waals surface area contributed by atoms with Gasteiger partial charge in [0.15, 0.2) is 16.6 Å². The summed E-state index contributed by atoms with van der Waals surface area (Å²) in [6, 6.07) is 8.95. The van der Waals surface area contributed by atoms with Crippen LogP contribution in [0.25, 0.3) is 6.08 Å². The monoisotopic (exact) mass is 404 g/mol. The molecule has 1 aliphatic heterocycles. The van der Waals surface area contributed by atoms with Crippen LogP contribution < -0.4 is 15.0 Å². The number of methoxy groups -OCH3 is 1. The van der Waals surface area contributed by atoms with Gasteiger partial charge in [0.2, 0.25) is 5.75 Å². The Hall–Kier alpha value is -3.10. The van der Waals surface area contributed by atoms with E-state index >= 15 is 0 Å². The van der Waals surface area contributed by atoms with Gasteiger partial charge in [0.1, 0.15) is 5.57 Å². The SMILES string of the molecule is COc1cc(C=C2C(=O)NC(=S)N(c3ccc(Cl)cc3)C2=O)cc(O)c1O. The second-order valence-electron chi connectivity index (χ2n) is 5.53. The Kier molecular flexibility index (Phi) is 5.02. The van der Waals surface area contributed by atoms with Gasteiger partial charge in [0.05, 0.1) is 12.8 Å². The van der Waals surface area contributed by atoms with Crippen LogP contribution >= 0.6 is 23.8 Å². The number of phenolic OH excluding ortho intramolecular Hbond substituents is 2. The first-order chi connectivity index (χ1) is 12.8. The minimum atomic E-state index is -0.679. The van der Waals surface area contributed by atoms with Crippen molar-refractivity contribution in [2.75, 3.05) is 12.0 Å². The molecular weight excluding hydrogens is 392 g/mol. The Morgan fingerprint density at radius 3 is 2.48 bits per heavy atom. The highest BCUT2D eigenvalue weighted by Gasteiger charge is 2.34. The lowest BCUT2D eigenvalue weighted by Gasteiger charge is -2.29. The highest BCUT2D eigenvalue weighted by atomic mass is 35.5. The van der Waals surface area contributed by atoms with Crippen molar-refractivity contribution in [3.05, 3.63) is 52.6 Å². The van der Waals surface area contributed by atoms with Gasteiger partial charge in [-0.2, -0.15) is 0 Å². The standard InChI is InChI=1S/C18H13ClN2O5S/c1-26-14-8-9(7-13(22)15(14)23)6-12-16(24)20-18(27)21(17(12)25)11-4-2-10(19)3-5-11/h2-8,22-23H,1H3,(H,20,24,27). The van der Waals surface area contributed by atoms with Crippen LogP contribution in [0.4, 0.5) is 5.69 Å². The zero-order valence-corrected chi connectivity index (χ0v) is 15.5. The van der Waals surface area contributed by atoms with E-state index in [1.165, 1.54) is 25.3 Å². The van der Waals surface area contributed by atoms with Crippen molar-refractivity contribution in [1.29, 1.82) is 0 Å². The molecule has 7 nitrogen and oxygen atoms in total. The molecule has 0 radical (unpaired) electrons. The predicted octanol–water partition coefficient (Wildman–Crippen LogP) is 2.59. The fourth-order valence-corrected chi connectivity index (χ4v) is 2.91. The Labute approximate surface area is 164 Å². The fraction of sp³-hybridized carbons (Fsp3) is 0.0556. The maximum Gasteiger partial charge on any atom is 0.270 e. The first kappa shape index (κ1) is 18.7. The summed E-state index contributed by atoms with van der Waals surface area (Å²) in [5.41, 5.74) is 0.515. The lowest BCUT2D eigenvalue weighted by Crippen LogP contribution is -2.54. The molecule has 1 fully saturated rings. The van der Waals surface area contributed by atoms with Crippen molar-refractivity contribution >= 4 is 52.5 Å². The average Bonchev–Trinajstić information content (AvgIpc) is 2.62. The molecular formula is C18H13ClN2O5S. The van der Waals surface area contributed by atoms with Crippen LogP contribution in [0.1, 0.15) is 5.56 Å². The van der Waals surface area contributed by atoms with Gasteiger partial charge in [-0.25, -0.2) is 0 Å². The van der Waals surface area contributed by atoms with Crippen molar-refractivity contribution < 1.29 is 24.5 Å². The number of thiocarbonyl (C=S) groups is 1. The maximum absolute atomic E-state index is 12.9. The molecule has 1 aliphatic rings. The number of benzene rings is 2. The molecule has 0 atom stereocenters. The van der Waals surface area contributed by atoms with E-state index in [9.17, 15) is 19.8 Å². The van der Waals surface area contributed by atoms with E-state index in [4.69, 9.17) is 28.6 Å². The van der Waals surface area contributed by atoms with E-state index < -0.39 is 23.3 Å². The number of aromatic hydroxyl groups is 2. The van der Waals surface area contributed by atoms with Gasteiger partial charge in [-0.15, -0.1) is 0 Å². The zero-order chi connectivity index (χ0) is 19.7. The van der Waals surface area contributed by atoms with Gasteiger partial charge in [-0.1, -0.05) is 11.6 Å². The van der Waals surface area contributed by atoms with Crippen LogP contribution in [0.3, 0.4) is 0 Å². The number of ether oxygens (including phenoxy) is 1. The van der Waals surface area contributed by atoms with Gasteiger partial charge >= 0.3 is 0 Å². The van der Waals surface area contributed by atoms with Crippen LogP contribution in [-0.4, -0.2) is 34.2 Å². The molecule has 0 aromatic heterocycles. The van der Waals surface area contributed by atoms with Crippen LogP contribution in [0.5, 0.6) is 17.2 Å². The normalized spacial score (nSPS) is 15.9. The number of amides is 2. The summed E-state index contributed by atoms with van der Waals surface area (Å²) in [7, 11) is 1.31. The number of phenols is 2. The lowest BCUT2D eigenvalue weighted by atomic mass is 10.1. The smallest absolute Gasteiger partial charge is 0.270 e.